The molecule has 0 saturated heterocycles. The zero-order valence-corrected chi connectivity index (χ0v) is 14.3. The molecule has 0 amide bonds. The maximum atomic E-state index is 15.0. The second-order valence-corrected chi connectivity index (χ2v) is 9.01. The van der Waals surface area contributed by atoms with E-state index in [-0.39, 0.29) is 4.90 Å². The quantitative estimate of drug-likeness (QED) is 0.523. The maximum absolute atomic E-state index is 15.0. The number of hydrogen-bond acceptors (Lipinski definition) is 2. The number of benzene rings is 3. The fourth-order valence-corrected chi connectivity index (χ4v) is 5.68. The molecule has 24 heavy (non-hydrogen) atoms. The van der Waals surface area contributed by atoms with Crippen LogP contribution in [0.15, 0.2) is 106 Å². The van der Waals surface area contributed by atoms with Crippen LogP contribution in [-0.4, -0.2) is 8.76 Å². The van der Waals surface area contributed by atoms with Crippen LogP contribution in [0.1, 0.15) is 0 Å². The first kappa shape index (κ1) is 16.9. The summed E-state index contributed by atoms with van der Waals surface area (Å²) < 4.78 is 43.1. The fourth-order valence-electron chi connectivity index (χ4n) is 2.10. The lowest BCUT2D eigenvalue weighted by molar-refractivity contribution is 0.360. The maximum Gasteiger partial charge on any atom is 0.295 e. The molecular weight excluding hydrogens is 347 g/mol. The second-order valence-electron chi connectivity index (χ2n) is 5.02. The molecule has 0 aliphatic heterocycles. The average Bonchev–Trinajstić information content (AvgIpc) is 2.62. The van der Waals surface area contributed by atoms with Gasteiger partial charge in [-0.15, -0.1) is 3.89 Å². The van der Waals surface area contributed by atoms with E-state index in [4.69, 9.17) is 3.63 Å². The smallest absolute Gasteiger partial charge is 0.279 e. The predicted molar refractivity (Wildman–Crippen MR) is 94.5 cm³/mol. The van der Waals surface area contributed by atoms with Gasteiger partial charge in [0.05, 0.1) is 4.90 Å². The molecule has 3 rings (SSSR count). The molecule has 0 atom stereocenters. The Kier molecular flexibility index (Phi) is 4.56. The van der Waals surface area contributed by atoms with Gasteiger partial charge in [-0.1, -0.05) is 54.6 Å². The summed E-state index contributed by atoms with van der Waals surface area (Å²) in [5.74, 6) is 0. The molecule has 0 saturated carbocycles. The van der Waals surface area contributed by atoms with Gasteiger partial charge in [-0.05, 0) is 40.0 Å². The van der Waals surface area contributed by atoms with Crippen molar-refractivity contribution in [2.75, 3.05) is 0 Å². The van der Waals surface area contributed by atoms with Gasteiger partial charge in [0, 0.05) is 0 Å². The molecule has 0 spiro atoms. The van der Waals surface area contributed by atoms with E-state index >= 15 is 3.89 Å². The Morgan fingerprint density at radius 3 is 1.54 bits per heavy atom. The summed E-state index contributed by atoms with van der Waals surface area (Å²) in [6.07, 6.45) is 0. The zero-order valence-electron chi connectivity index (χ0n) is 12.6. The third-order valence-corrected chi connectivity index (χ3v) is 7.17. The fraction of sp³-hybridized carbons (Fsp3) is 0. The Morgan fingerprint density at radius 2 is 1.12 bits per heavy atom. The van der Waals surface area contributed by atoms with Crippen molar-refractivity contribution in [3.63, 3.8) is 0 Å². The minimum Gasteiger partial charge on any atom is -0.279 e. The molecular formula is C18H16FO3S2+. The van der Waals surface area contributed by atoms with Gasteiger partial charge >= 0.3 is 0 Å². The van der Waals surface area contributed by atoms with E-state index in [2.05, 4.69) is 0 Å². The summed E-state index contributed by atoms with van der Waals surface area (Å²) in [6, 6.07) is 24.8. The van der Waals surface area contributed by atoms with E-state index in [1.54, 1.807) is 54.6 Å². The van der Waals surface area contributed by atoms with Gasteiger partial charge in [0.15, 0.2) is 9.79 Å². The molecule has 124 valence electrons. The van der Waals surface area contributed by atoms with Gasteiger partial charge < -0.3 is 0 Å². The van der Waals surface area contributed by atoms with E-state index in [1.807, 2.05) is 12.1 Å². The van der Waals surface area contributed by atoms with Gasteiger partial charge in [-0.3, -0.25) is 4.55 Å². The van der Waals surface area contributed by atoms with Crippen molar-refractivity contribution in [1.29, 1.82) is 0 Å². The van der Waals surface area contributed by atoms with Crippen molar-refractivity contribution in [2.24, 2.45) is 0 Å². The lowest BCUT2D eigenvalue weighted by Gasteiger charge is -2.24. The van der Waals surface area contributed by atoms with Crippen LogP contribution in [-0.2, 0) is 24.8 Å². The highest BCUT2D eigenvalue weighted by molar-refractivity contribution is 8.13. The topological polar surface area (TPSA) is 46.5 Å². The molecule has 0 aliphatic carbocycles. The van der Waals surface area contributed by atoms with E-state index in [0.717, 1.165) is 0 Å². The summed E-state index contributed by atoms with van der Waals surface area (Å²) >= 11 is -1.35. The van der Waals surface area contributed by atoms with Crippen molar-refractivity contribution in [2.45, 2.75) is 14.7 Å². The van der Waals surface area contributed by atoms with E-state index in [0.29, 0.717) is 9.79 Å². The molecule has 0 unspecified atom stereocenters. The second kappa shape index (κ2) is 6.49. The van der Waals surface area contributed by atoms with Crippen molar-refractivity contribution < 1.29 is 16.3 Å². The Labute approximate surface area is 143 Å². The van der Waals surface area contributed by atoms with Crippen molar-refractivity contribution in [3.05, 3.63) is 91.0 Å². The Balaban J connectivity index is 2.06. The number of rotatable bonds is 5. The number of halogens is 1. The van der Waals surface area contributed by atoms with E-state index < -0.39 is 21.2 Å². The standard InChI is InChI=1S/C18H15FO3S2/c19-24(20,21,18-14-8-3-9-15-18)22-23(16-10-4-1-5-11-16)17-12-6-2-7-13-17/h1-15H/p+1. The highest BCUT2D eigenvalue weighted by atomic mass is 32.4. The monoisotopic (exact) mass is 363 g/mol. The van der Waals surface area contributed by atoms with Crippen LogP contribution in [0.2, 0.25) is 0 Å². The molecule has 0 bridgehead atoms. The molecule has 3 aromatic rings. The first-order valence-electron chi connectivity index (χ1n) is 7.18. The molecule has 0 fully saturated rings. The normalized spacial score (nSPS) is 13.4. The van der Waals surface area contributed by atoms with Crippen LogP contribution < -0.4 is 0 Å². The molecule has 0 aromatic heterocycles. The van der Waals surface area contributed by atoms with Gasteiger partial charge in [0.25, 0.3) is 10.0 Å². The van der Waals surface area contributed by atoms with Crippen LogP contribution in [0.4, 0.5) is 3.89 Å². The molecule has 6 heteroatoms. The molecule has 3 aromatic carbocycles. The van der Waals surface area contributed by atoms with Crippen LogP contribution >= 0.6 is 0 Å². The van der Waals surface area contributed by atoms with E-state index in [9.17, 15) is 8.76 Å². The lowest BCUT2D eigenvalue weighted by atomic mass is 10.4. The molecule has 3 nitrogen and oxygen atoms in total. The minimum atomic E-state index is -5.95. The molecule has 0 aliphatic rings. The average molecular weight is 363 g/mol. The summed E-state index contributed by atoms with van der Waals surface area (Å²) in [4.78, 5) is 0.842. The summed E-state index contributed by atoms with van der Waals surface area (Å²) in [6.45, 7) is 0. The summed E-state index contributed by atoms with van der Waals surface area (Å²) in [5, 5.41) is 0. The Bertz CT molecular complexity index is 825. The van der Waals surface area contributed by atoms with Gasteiger partial charge in [-0.2, -0.15) is 4.21 Å². The largest absolute Gasteiger partial charge is 0.295 e. The van der Waals surface area contributed by atoms with Crippen molar-refractivity contribution in [1.82, 2.24) is 0 Å². The summed E-state index contributed by atoms with van der Waals surface area (Å²) in [7, 11) is -5.95. The van der Waals surface area contributed by atoms with Crippen LogP contribution in [0, 0.1) is 0 Å². The predicted octanol–water partition coefficient (Wildman–Crippen LogP) is 4.81. The van der Waals surface area contributed by atoms with Crippen LogP contribution in [0.25, 0.3) is 0 Å². The van der Waals surface area contributed by atoms with Gasteiger partial charge in [-0.25, -0.2) is 0 Å². The van der Waals surface area contributed by atoms with Crippen LogP contribution in [0.3, 0.4) is 0 Å². The van der Waals surface area contributed by atoms with Crippen molar-refractivity contribution in [3.8, 4) is 0 Å². The molecule has 1 N–H and O–H groups in total. The Morgan fingerprint density at radius 1 is 0.750 bits per heavy atom. The third-order valence-electron chi connectivity index (χ3n) is 3.23. The molecule has 0 heterocycles. The SMILES string of the molecule is O=S(O)(F)(O[S+](c1ccccc1)c1ccccc1)c1ccccc1. The zero-order chi connectivity index (χ0) is 17.1. The van der Waals surface area contributed by atoms with Gasteiger partial charge in [0.1, 0.15) is 0 Å². The minimum absolute atomic E-state index is 0.390. The third kappa shape index (κ3) is 3.73. The highest BCUT2D eigenvalue weighted by Gasteiger charge is 2.48. The highest BCUT2D eigenvalue weighted by Crippen LogP contribution is 2.41. The van der Waals surface area contributed by atoms with Crippen LogP contribution in [0.5, 0.6) is 0 Å². The Hall–Kier alpha value is -1.99. The van der Waals surface area contributed by atoms with E-state index in [1.165, 1.54) is 24.3 Å². The number of hydrogen-bond donors (Lipinski definition) is 1. The van der Waals surface area contributed by atoms with Gasteiger partial charge in [0.2, 0.25) is 11.2 Å². The lowest BCUT2D eigenvalue weighted by Crippen LogP contribution is -2.32. The first-order chi connectivity index (χ1) is 11.4. The first-order valence-corrected chi connectivity index (χ1v) is 10.1. The van der Waals surface area contributed by atoms with Crippen molar-refractivity contribution >= 4 is 21.2 Å². The molecule has 0 radical (unpaired) electrons. The summed E-state index contributed by atoms with van der Waals surface area (Å²) in [5.41, 5.74) is 0.